The molecule has 1 fully saturated rings. The predicted molar refractivity (Wildman–Crippen MR) is 84.4 cm³/mol. The summed E-state index contributed by atoms with van der Waals surface area (Å²) < 4.78 is 0. The first kappa shape index (κ1) is 15.5. The molecule has 1 aromatic heterocycles. The fraction of sp³-hybridized carbons (Fsp3) is 0.706. The smallest absolute Gasteiger partial charge is 0.0500 e. The molecule has 2 atom stereocenters. The van der Waals surface area contributed by atoms with Crippen LogP contribution >= 0.6 is 0 Å². The lowest BCUT2D eigenvalue weighted by Crippen LogP contribution is -2.46. The maximum absolute atomic E-state index is 6.42. The Balaban J connectivity index is 2.13. The summed E-state index contributed by atoms with van der Waals surface area (Å²) in [7, 11) is 0. The molecule has 2 heterocycles. The van der Waals surface area contributed by atoms with Crippen LogP contribution in [0.25, 0.3) is 0 Å². The van der Waals surface area contributed by atoms with Crippen molar-refractivity contribution in [2.24, 2.45) is 11.1 Å². The predicted octanol–water partition coefficient (Wildman–Crippen LogP) is 3.37. The number of aromatic nitrogens is 1. The zero-order valence-corrected chi connectivity index (χ0v) is 13.2. The van der Waals surface area contributed by atoms with E-state index in [1.807, 2.05) is 12.4 Å². The van der Waals surface area contributed by atoms with E-state index in [1.54, 1.807) is 0 Å². The minimum Gasteiger partial charge on any atom is -0.326 e. The van der Waals surface area contributed by atoms with Gasteiger partial charge in [0.1, 0.15) is 0 Å². The van der Waals surface area contributed by atoms with E-state index in [9.17, 15) is 0 Å². The molecule has 1 aromatic rings. The second kappa shape index (κ2) is 6.68. The molecule has 0 aliphatic carbocycles. The fourth-order valence-corrected chi connectivity index (χ4v) is 3.21. The number of nitrogens with zero attached hydrogens (tertiary/aromatic N) is 2. The molecule has 0 spiro atoms. The lowest BCUT2D eigenvalue weighted by Gasteiger charge is -2.44. The van der Waals surface area contributed by atoms with Crippen molar-refractivity contribution >= 4 is 0 Å². The van der Waals surface area contributed by atoms with Crippen molar-refractivity contribution in [2.75, 3.05) is 13.1 Å². The summed E-state index contributed by atoms with van der Waals surface area (Å²) in [4.78, 5) is 6.72. The van der Waals surface area contributed by atoms with Gasteiger partial charge in [-0.2, -0.15) is 0 Å². The minimum atomic E-state index is 0.198. The topological polar surface area (TPSA) is 42.1 Å². The molecule has 2 unspecified atom stereocenters. The first-order valence-corrected chi connectivity index (χ1v) is 7.99. The van der Waals surface area contributed by atoms with Crippen LogP contribution in [0.3, 0.4) is 0 Å². The zero-order valence-electron chi connectivity index (χ0n) is 13.2. The first-order valence-electron chi connectivity index (χ1n) is 7.99. The standard InChI is InChI=1S/C17H29N3/c1-4-15(18)16(14-6-10-19-11-7-14)20-12-8-17(3,5-2)9-13-20/h6-7,10-11,15-16H,4-5,8-9,12-13,18H2,1-3H3. The van der Waals surface area contributed by atoms with Crippen molar-refractivity contribution in [1.29, 1.82) is 0 Å². The highest BCUT2D eigenvalue weighted by molar-refractivity contribution is 5.17. The van der Waals surface area contributed by atoms with Gasteiger partial charge in [-0.05, 0) is 55.5 Å². The quantitative estimate of drug-likeness (QED) is 0.896. The molecule has 0 bridgehead atoms. The van der Waals surface area contributed by atoms with Crippen molar-refractivity contribution in [1.82, 2.24) is 9.88 Å². The van der Waals surface area contributed by atoms with Crippen LogP contribution in [0.1, 0.15) is 58.1 Å². The third kappa shape index (κ3) is 3.39. The van der Waals surface area contributed by atoms with Gasteiger partial charge in [0.2, 0.25) is 0 Å². The van der Waals surface area contributed by atoms with Crippen LogP contribution in [-0.4, -0.2) is 29.0 Å². The van der Waals surface area contributed by atoms with E-state index in [2.05, 4.69) is 42.8 Å². The molecule has 3 nitrogen and oxygen atoms in total. The van der Waals surface area contributed by atoms with Crippen LogP contribution in [0.15, 0.2) is 24.5 Å². The molecule has 3 heteroatoms. The summed E-state index contributed by atoms with van der Waals surface area (Å²) in [6, 6.07) is 4.77. The molecule has 1 aliphatic rings. The van der Waals surface area contributed by atoms with Crippen LogP contribution in [0, 0.1) is 5.41 Å². The average Bonchev–Trinajstić information content (AvgIpc) is 2.50. The number of pyridine rings is 1. The van der Waals surface area contributed by atoms with Crippen molar-refractivity contribution in [2.45, 2.75) is 58.5 Å². The number of likely N-dealkylation sites (tertiary alicyclic amines) is 1. The zero-order chi connectivity index (χ0) is 14.6. The van der Waals surface area contributed by atoms with Crippen LogP contribution in [0.5, 0.6) is 0 Å². The Morgan fingerprint density at radius 1 is 1.25 bits per heavy atom. The molecule has 0 saturated carbocycles. The van der Waals surface area contributed by atoms with Gasteiger partial charge in [0.15, 0.2) is 0 Å². The maximum atomic E-state index is 6.42. The molecule has 1 saturated heterocycles. The second-order valence-corrected chi connectivity index (χ2v) is 6.50. The molecular formula is C17H29N3. The number of hydrogen-bond donors (Lipinski definition) is 1. The van der Waals surface area contributed by atoms with Gasteiger partial charge < -0.3 is 5.73 Å². The van der Waals surface area contributed by atoms with Gasteiger partial charge >= 0.3 is 0 Å². The average molecular weight is 275 g/mol. The third-order valence-electron chi connectivity index (χ3n) is 5.18. The maximum Gasteiger partial charge on any atom is 0.0500 e. The van der Waals surface area contributed by atoms with E-state index in [-0.39, 0.29) is 6.04 Å². The number of nitrogens with two attached hydrogens (primary N) is 1. The number of piperidine rings is 1. The molecule has 20 heavy (non-hydrogen) atoms. The summed E-state index contributed by atoms with van der Waals surface area (Å²) in [5.74, 6) is 0. The summed E-state index contributed by atoms with van der Waals surface area (Å²) >= 11 is 0. The Kier molecular flexibility index (Phi) is 5.17. The summed E-state index contributed by atoms with van der Waals surface area (Å²) in [6.45, 7) is 9.23. The van der Waals surface area contributed by atoms with E-state index in [4.69, 9.17) is 5.73 Å². The molecule has 0 radical (unpaired) electrons. The van der Waals surface area contributed by atoms with Gasteiger partial charge in [0, 0.05) is 24.5 Å². The van der Waals surface area contributed by atoms with E-state index < -0.39 is 0 Å². The molecule has 112 valence electrons. The highest BCUT2D eigenvalue weighted by atomic mass is 15.2. The molecule has 0 aromatic carbocycles. The van der Waals surface area contributed by atoms with Crippen LogP contribution in [-0.2, 0) is 0 Å². The van der Waals surface area contributed by atoms with Gasteiger partial charge in [-0.3, -0.25) is 9.88 Å². The van der Waals surface area contributed by atoms with Gasteiger partial charge in [0.25, 0.3) is 0 Å². The SMILES string of the molecule is CCC(N)C(c1ccncc1)N1CCC(C)(CC)CC1. The Bertz CT molecular complexity index is 396. The Morgan fingerprint density at radius 3 is 2.35 bits per heavy atom. The minimum absolute atomic E-state index is 0.198. The second-order valence-electron chi connectivity index (χ2n) is 6.50. The van der Waals surface area contributed by atoms with Crippen LogP contribution in [0.4, 0.5) is 0 Å². The Labute approximate surface area is 123 Å². The van der Waals surface area contributed by atoms with Crippen molar-refractivity contribution in [3.63, 3.8) is 0 Å². The van der Waals surface area contributed by atoms with Gasteiger partial charge in [0.05, 0.1) is 0 Å². The van der Waals surface area contributed by atoms with Gasteiger partial charge in [-0.15, -0.1) is 0 Å². The molecular weight excluding hydrogens is 246 g/mol. The first-order chi connectivity index (χ1) is 9.59. The number of rotatable bonds is 5. The van der Waals surface area contributed by atoms with Crippen LogP contribution in [0.2, 0.25) is 0 Å². The highest BCUT2D eigenvalue weighted by Crippen LogP contribution is 2.37. The van der Waals surface area contributed by atoms with Crippen molar-refractivity contribution < 1.29 is 0 Å². The molecule has 1 aliphatic heterocycles. The molecule has 0 amide bonds. The molecule has 2 N–H and O–H groups in total. The van der Waals surface area contributed by atoms with Crippen LogP contribution < -0.4 is 5.73 Å². The normalized spacial score (nSPS) is 22.4. The lowest BCUT2D eigenvalue weighted by atomic mass is 9.77. The summed E-state index contributed by atoms with van der Waals surface area (Å²) in [5, 5.41) is 0. The van der Waals surface area contributed by atoms with Gasteiger partial charge in [-0.25, -0.2) is 0 Å². The van der Waals surface area contributed by atoms with E-state index in [1.165, 1.54) is 24.8 Å². The fourth-order valence-electron chi connectivity index (χ4n) is 3.21. The Morgan fingerprint density at radius 2 is 1.85 bits per heavy atom. The summed E-state index contributed by atoms with van der Waals surface area (Å²) in [5.41, 5.74) is 8.26. The molecule has 2 rings (SSSR count). The van der Waals surface area contributed by atoms with Crippen molar-refractivity contribution in [3.05, 3.63) is 30.1 Å². The highest BCUT2D eigenvalue weighted by Gasteiger charge is 2.33. The lowest BCUT2D eigenvalue weighted by molar-refractivity contribution is 0.0693. The largest absolute Gasteiger partial charge is 0.326 e. The van der Waals surface area contributed by atoms with E-state index in [0.717, 1.165) is 19.5 Å². The summed E-state index contributed by atoms with van der Waals surface area (Å²) in [6.07, 6.45) is 8.60. The van der Waals surface area contributed by atoms with Gasteiger partial charge in [-0.1, -0.05) is 27.2 Å². The third-order valence-corrected chi connectivity index (χ3v) is 5.18. The van der Waals surface area contributed by atoms with Crippen molar-refractivity contribution in [3.8, 4) is 0 Å². The monoisotopic (exact) mass is 275 g/mol. The Hall–Kier alpha value is -0.930. The van der Waals surface area contributed by atoms with E-state index >= 15 is 0 Å². The number of hydrogen-bond acceptors (Lipinski definition) is 3. The van der Waals surface area contributed by atoms with E-state index in [0.29, 0.717) is 11.5 Å².